The van der Waals surface area contributed by atoms with Gasteiger partial charge in [0.1, 0.15) is 0 Å². The fourth-order valence-electron chi connectivity index (χ4n) is 6.78. The van der Waals surface area contributed by atoms with Gasteiger partial charge in [-0.2, -0.15) is 0 Å². The molecule has 2 aliphatic heterocycles. The SMILES string of the molecule is c1ccc(N2c3cccc[c]3[Ge]3([c]4ccccc42)[c]2ccccc2N(c2ccccc2)c2cccc[c]23)cc1. The zero-order chi connectivity index (χ0) is 25.8. The van der Waals surface area contributed by atoms with Gasteiger partial charge in [-0.15, -0.1) is 0 Å². The maximum atomic E-state index is 2.47. The Morgan fingerprint density at radius 3 is 0.846 bits per heavy atom. The van der Waals surface area contributed by atoms with E-state index in [2.05, 4.69) is 168 Å². The van der Waals surface area contributed by atoms with Crippen LogP contribution in [0.5, 0.6) is 0 Å². The van der Waals surface area contributed by atoms with Crippen LogP contribution >= 0.6 is 0 Å². The van der Waals surface area contributed by atoms with Crippen LogP contribution in [-0.4, -0.2) is 13.3 Å². The molecule has 0 fully saturated rings. The van der Waals surface area contributed by atoms with Crippen LogP contribution < -0.4 is 27.4 Å². The summed E-state index contributed by atoms with van der Waals surface area (Å²) in [5.74, 6) is 0. The Morgan fingerprint density at radius 1 is 0.282 bits per heavy atom. The predicted molar refractivity (Wildman–Crippen MR) is 167 cm³/mol. The van der Waals surface area contributed by atoms with Crippen molar-refractivity contribution in [2.24, 2.45) is 0 Å². The number of benzene rings is 6. The molecule has 1 spiro atoms. The molecule has 0 saturated heterocycles. The van der Waals surface area contributed by atoms with E-state index in [-0.39, 0.29) is 0 Å². The quantitative estimate of drug-likeness (QED) is 0.220. The van der Waals surface area contributed by atoms with E-state index in [1.165, 1.54) is 51.7 Å². The molecule has 0 amide bonds. The molecule has 0 N–H and O–H groups in total. The molecule has 0 saturated carbocycles. The predicted octanol–water partition coefficient (Wildman–Crippen LogP) is 6.63. The molecule has 184 valence electrons. The van der Waals surface area contributed by atoms with E-state index in [0.29, 0.717) is 0 Å². The number of nitrogens with zero attached hydrogens (tertiary/aromatic N) is 2. The molecule has 39 heavy (non-hydrogen) atoms. The third-order valence-corrected chi connectivity index (χ3v) is 18.6. The molecule has 2 nitrogen and oxygen atoms in total. The molecule has 0 radical (unpaired) electrons. The number of fused-ring (bicyclic) bond motifs is 8. The number of hydrogen-bond donors (Lipinski definition) is 0. The molecule has 2 heterocycles. The van der Waals surface area contributed by atoms with Gasteiger partial charge in [0.15, 0.2) is 0 Å². The van der Waals surface area contributed by atoms with Crippen molar-refractivity contribution in [3.05, 3.63) is 158 Å². The van der Waals surface area contributed by atoms with Crippen LogP contribution in [-0.2, 0) is 0 Å². The molecule has 6 aromatic carbocycles. The van der Waals surface area contributed by atoms with Crippen molar-refractivity contribution in [3.8, 4) is 0 Å². The first-order valence-electron chi connectivity index (χ1n) is 13.5. The molecule has 6 aromatic rings. The van der Waals surface area contributed by atoms with Gasteiger partial charge in [-0.1, -0.05) is 0 Å². The zero-order valence-corrected chi connectivity index (χ0v) is 23.5. The molecular weight excluding hydrogens is 533 g/mol. The molecule has 0 atom stereocenters. The van der Waals surface area contributed by atoms with Gasteiger partial charge in [-0.25, -0.2) is 0 Å². The van der Waals surface area contributed by atoms with Crippen LogP contribution in [0.4, 0.5) is 34.1 Å². The van der Waals surface area contributed by atoms with Gasteiger partial charge in [0.05, 0.1) is 0 Å². The standard InChI is InChI=1S/C36H26GeN2/c1-3-15-27(16-4-1)38-33-23-11-7-19-29(33)37(30-20-8-12-24-34(30)38)31-21-9-13-25-35(31)39(28-17-5-2-6-18-28)36-26-14-10-22-32(36)37/h1-26H. The molecule has 3 heteroatoms. The van der Waals surface area contributed by atoms with Gasteiger partial charge in [-0.3, -0.25) is 0 Å². The molecule has 0 aliphatic carbocycles. The topological polar surface area (TPSA) is 6.48 Å². The maximum absolute atomic E-state index is 3.46. The van der Waals surface area contributed by atoms with Crippen LogP contribution in [0, 0.1) is 0 Å². The van der Waals surface area contributed by atoms with Crippen molar-refractivity contribution < 1.29 is 0 Å². The van der Waals surface area contributed by atoms with Crippen molar-refractivity contribution in [1.82, 2.24) is 0 Å². The molecule has 0 bridgehead atoms. The number of para-hydroxylation sites is 6. The summed E-state index contributed by atoms with van der Waals surface area (Å²) in [4.78, 5) is 4.94. The summed E-state index contributed by atoms with van der Waals surface area (Å²) < 4.78 is 5.92. The van der Waals surface area contributed by atoms with E-state index in [1.807, 2.05) is 0 Å². The molecule has 8 rings (SSSR count). The summed E-state index contributed by atoms with van der Waals surface area (Å²) in [6, 6.07) is 58.2. The van der Waals surface area contributed by atoms with E-state index in [9.17, 15) is 0 Å². The average molecular weight is 559 g/mol. The summed E-state index contributed by atoms with van der Waals surface area (Å²) in [6.07, 6.45) is 0. The van der Waals surface area contributed by atoms with Crippen LogP contribution in [0.15, 0.2) is 158 Å². The Morgan fingerprint density at radius 2 is 0.538 bits per heavy atom. The molecule has 2 aliphatic rings. The second-order valence-corrected chi connectivity index (χ2v) is 17.8. The first-order chi connectivity index (χ1) is 19.4. The minimum atomic E-state index is -3.46. The first-order valence-corrected chi connectivity index (χ1v) is 17.7. The summed E-state index contributed by atoms with van der Waals surface area (Å²) in [7, 11) is 0. The number of rotatable bonds is 2. The van der Waals surface area contributed by atoms with Crippen LogP contribution in [0.1, 0.15) is 0 Å². The normalized spacial score (nSPS) is 14.3. The molecule has 0 aromatic heterocycles. The Labute approximate surface area is 231 Å². The first kappa shape index (κ1) is 22.4. The summed E-state index contributed by atoms with van der Waals surface area (Å²) in [6.45, 7) is 0. The fourth-order valence-corrected chi connectivity index (χ4v) is 18.2. The van der Waals surface area contributed by atoms with Gasteiger partial charge >= 0.3 is 232 Å². The fraction of sp³-hybridized carbons (Fsp3) is 0. The van der Waals surface area contributed by atoms with E-state index in [0.717, 1.165) is 0 Å². The van der Waals surface area contributed by atoms with E-state index < -0.39 is 13.3 Å². The summed E-state index contributed by atoms with van der Waals surface area (Å²) in [5.41, 5.74) is 7.55. The second kappa shape index (κ2) is 8.76. The van der Waals surface area contributed by atoms with Crippen molar-refractivity contribution in [2.45, 2.75) is 0 Å². The summed E-state index contributed by atoms with van der Waals surface area (Å²) in [5, 5.41) is 0. The Kier molecular flexibility index (Phi) is 5.04. The van der Waals surface area contributed by atoms with Gasteiger partial charge in [-0.05, 0) is 0 Å². The van der Waals surface area contributed by atoms with Gasteiger partial charge < -0.3 is 0 Å². The third kappa shape index (κ3) is 3.09. The van der Waals surface area contributed by atoms with Crippen LogP contribution in [0.25, 0.3) is 0 Å². The van der Waals surface area contributed by atoms with Crippen molar-refractivity contribution in [3.63, 3.8) is 0 Å². The van der Waals surface area contributed by atoms with E-state index in [1.54, 1.807) is 0 Å². The van der Waals surface area contributed by atoms with Crippen LogP contribution in [0.2, 0.25) is 0 Å². The number of anilines is 6. The van der Waals surface area contributed by atoms with Gasteiger partial charge in [0, 0.05) is 0 Å². The molecule has 0 unspecified atom stereocenters. The Bertz CT molecular complexity index is 1600. The van der Waals surface area contributed by atoms with Crippen molar-refractivity contribution >= 4 is 65.0 Å². The Balaban J connectivity index is 1.53. The molecular formula is C36H26GeN2. The second-order valence-electron chi connectivity index (χ2n) is 10.2. The van der Waals surface area contributed by atoms with Gasteiger partial charge in [0.25, 0.3) is 0 Å². The van der Waals surface area contributed by atoms with Crippen molar-refractivity contribution in [2.75, 3.05) is 9.80 Å². The third-order valence-electron chi connectivity index (χ3n) is 8.22. The Hall–Kier alpha value is -4.54. The average Bonchev–Trinajstić information content (AvgIpc) is 3.02. The van der Waals surface area contributed by atoms with Gasteiger partial charge in [0.2, 0.25) is 0 Å². The van der Waals surface area contributed by atoms with E-state index >= 15 is 0 Å². The zero-order valence-electron chi connectivity index (χ0n) is 21.4. The minimum absolute atomic E-state index is 1.19. The van der Waals surface area contributed by atoms with E-state index in [4.69, 9.17) is 0 Å². The van der Waals surface area contributed by atoms with Crippen molar-refractivity contribution in [1.29, 1.82) is 0 Å². The van der Waals surface area contributed by atoms with Crippen LogP contribution in [0.3, 0.4) is 0 Å². The monoisotopic (exact) mass is 560 g/mol. The number of hydrogen-bond acceptors (Lipinski definition) is 2. The summed E-state index contributed by atoms with van der Waals surface area (Å²) >= 11 is -3.46.